The molecule has 0 spiro atoms. The van der Waals surface area contributed by atoms with Crippen LogP contribution in [0.3, 0.4) is 0 Å². The van der Waals surface area contributed by atoms with Gasteiger partial charge >= 0.3 is 5.69 Å². The first-order valence-electron chi connectivity index (χ1n) is 6.10. The summed E-state index contributed by atoms with van der Waals surface area (Å²) in [5.41, 5.74) is 0.942. The third kappa shape index (κ3) is 4.00. The maximum Gasteiger partial charge on any atom is 0.316 e. The number of rotatable bonds is 3. The summed E-state index contributed by atoms with van der Waals surface area (Å²) in [6, 6.07) is 12.5. The van der Waals surface area contributed by atoms with Crippen molar-refractivity contribution in [2.45, 2.75) is 0 Å². The molecule has 3 N–H and O–H groups in total. The number of nitrogens with one attached hydrogen (secondary N) is 2. The minimum absolute atomic E-state index is 0.0802. The molecule has 22 heavy (non-hydrogen) atoms. The predicted octanol–water partition coefficient (Wildman–Crippen LogP) is 3.27. The van der Waals surface area contributed by atoms with Crippen molar-refractivity contribution in [1.82, 2.24) is 5.32 Å². The summed E-state index contributed by atoms with van der Waals surface area (Å²) in [6.45, 7) is 0. The van der Waals surface area contributed by atoms with Crippen molar-refractivity contribution in [1.29, 1.82) is 0 Å². The number of nitrogens with zero attached hydrogens (tertiary/aromatic N) is 1. The molecule has 1 amide bonds. The van der Waals surface area contributed by atoms with Crippen molar-refractivity contribution in [3.8, 4) is 0 Å². The maximum atomic E-state index is 12.0. The second-order valence-corrected chi connectivity index (χ2v) is 5.02. The van der Waals surface area contributed by atoms with Gasteiger partial charge in [0, 0.05) is 17.8 Å². The van der Waals surface area contributed by atoms with E-state index in [0.29, 0.717) is 16.3 Å². The molecule has 0 saturated heterocycles. The Labute approximate surface area is 136 Å². The lowest BCUT2D eigenvalue weighted by Crippen LogP contribution is -2.34. The third-order valence-corrected chi connectivity index (χ3v) is 3.23. The van der Waals surface area contributed by atoms with Crippen molar-refractivity contribution < 1.29 is 14.9 Å². The van der Waals surface area contributed by atoms with E-state index in [1.165, 1.54) is 24.3 Å². The highest BCUT2D eigenvalue weighted by atomic mass is 35.5. The van der Waals surface area contributed by atoms with E-state index in [-0.39, 0.29) is 15.7 Å². The Morgan fingerprint density at radius 1 is 1.14 bits per heavy atom. The Kier molecular flexibility index (Phi) is 5.03. The fourth-order valence-corrected chi connectivity index (χ4v) is 2.08. The molecule has 0 aliphatic carbocycles. The molecule has 0 atom stereocenters. The van der Waals surface area contributed by atoms with Crippen molar-refractivity contribution in [2.75, 3.05) is 5.32 Å². The van der Waals surface area contributed by atoms with Crippen LogP contribution in [-0.2, 0) is 0 Å². The SMILES string of the molecule is O=C(NC(=S)Nc1ccc([N+](=O)O)cc1)c1ccccc1Cl. The Morgan fingerprint density at radius 3 is 2.36 bits per heavy atom. The number of thiocarbonyl (C=S) groups is 1. The normalized spacial score (nSPS) is 9.86. The van der Waals surface area contributed by atoms with E-state index in [2.05, 4.69) is 10.6 Å². The zero-order chi connectivity index (χ0) is 16.1. The van der Waals surface area contributed by atoms with Gasteiger partial charge in [-0.1, -0.05) is 23.7 Å². The van der Waals surface area contributed by atoms with Crippen LogP contribution in [0.4, 0.5) is 11.4 Å². The average Bonchev–Trinajstić information content (AvgIpc) is 2.48. The summed E-state index contributed by atoms with van der Waals surface area (Å²) in [4.78, 5) is 22.4. The maximum absolute atomic E-state index is 12.0. The fourth-order valence-electron chi connectivity index (χ4n) is 1.65. The Balaban J connectivity index is 1.99. The number of anilines is 1. The molecule has 0 unspecified atom stereocenters. The summed E-state index contributed by atoms with van der Waals surface area (Å²) < 4.78 is 0. The van der Waals surface area contributed by atoms with Crippen LogP contribution in [0, 0.1) is 4.91 Å². The molecule has 0 radical (unpaired) electrons. The van der Waals surface area contributed by atoms with Gasteiger partial charge in [0.25, 0.3) is 10.8 Å². The highest BCUT2D eigenvalue weighted by Gasteiger charge is 2.12. The minimum atomic E-state index is -0.430. The van der Waals surface area contributed by atoms with Gasteiger partial charge in [-0.2, -0.15) is 0 Å². The topological polar surface area (TPSA) is 81.4 Å². The fraction of sp³-hybridized carbons (Fsp3) is 0. The van der Waals surface area contributed by atoms with Crippen LogP contribution in [0.5, 0.6) is 0 Å². The molecule has 0 heterocycles. The number of hydrogen-bond donors (Lipinski definition) is 3. The van der Waals surface area contributed by atoms with Crippen molar-refractivity contribution in [3.63, 3.8) is 0 Å². The summed E-state index contributed by atoms with van der Waals surface area (Å²) >= 11 is 11.0. The molecular formula is C14H11ClN3O3S+. The third-order valence-electron chi connectivity index (χ3n) is 2.69. The van der Waals surface area contributed by atoms with Crippen LogP contribution >= 0.6 is 23.8 Å². The van der Waals surface area contributed by atoms with Gasteiger partial charge in [-0.25, -0.2) is 5.21 Å². The van der Waals surface area contributed by atoms with Gasteiger partial charge in [-0.05, 0) is 36.5 Å². The first-order valence-corrected chi connectivity index (χ1v) is 6.89. The summed E-state index contributed by atoms with van der Waals surface area (Å²) in [5, 5.41) is 14.4. The van der Waals surface area contributed by atoms with Crippen LogP contribution < -0.4 is 10.6 Å². The van der Waals surface area contributed by atoms with Crippen LogP contribution in [0.25, 0.3) is 0 Å². The Morgan fingerprint density at radius 2 is 1.77 bits per heavy atom. The molecule has 0 bridgehead atoms. The largest absolute Gasteiger partial charge is 0.332 e. The van der Waals surface area contributed by atoms with E-state index in [1.54, 1.807) is 24.3 Å². The number of hydrogen-bond acceptors (Lipinski definition) is 3. The van der Waals surface area contributed by atoms with Gasteiger partial charge in [0.1, 0.15) is 0 Å². The average molecular weight is 337 g/mol. The predicted molar refractivity (Wildman–Crippen MR) is 86.7 cm³/mol. The zero-order valence-corrected chi connectivity index (χ0v) is 12.7. The van der Waals surface area contributed by atoms with E-state index in [4.69, 9.17) is 29.0 Å². The van der Waals surface area contributed by atoms with E-state index in [9.17, 15) is 9.70 Å². The van der Waals surface area contributed by atoms with Gasteiger partial charge in [0.2, 0.25) is 0 Å². The van der Waals surface area contributed by atoms with Crippen LogP contribution in [0.1, 0.15) is 10.4 Å². The number of benzene rings is 2. The Hall–Kier alpha value is -2.51. The van der Waals surface area contributed by atoms with Crippen molar-refractivity contribution in [3.05, 3.63) is 64.0 Å². The van der Waals surface area contributed by atoms with E-state index in [1.807, 2.05) is 0 Å². The lowest BCUT2D eigenvalue weighted by atomic mass is 10.2. The van der Waals surface area contributed by atoms with Gasteiger partial charge in [-0.3, -0.25) is 10.1 Å². The smallest absolute Gasteiger partial charge is 0.316 e. The Bertz CT molecular complexity index is 734. The second-order valence-electron chi connectivity index (χ2n) is 4.21. The molecular weight excluding hydrogens is 326 g/mol. The van der Waals surface area contributed by atoms with Crippen LogP contribution in [0.2, 0.25) is 5.02 Å². The molecule has 2 aromatic rings. The van der Waals surface area contributed by atoms with Gasteiger partial charge in [0.15, 0.2) is 5.11 Å². The molecule has 2 aromatic carbocycles. The van der Waals surface area contributed by atoms with Gasteiger partial charge in [-0.15, -0.1) is 0 Å². The minimum Gasteiger partial charge on any atom is -0.332 e. The summed E-state index contributed by atoms with van der Waals surface area (Å²) in [5.74, 6) is -0.430. The molecule has 0 aliphatic heterocycles. The zero-order valence-electron chi connectivity index (χ0n) is 11.1. The molecule has 0 aliphatic rings. The lowest BCUT2D eigenvalue weighted by molar-refractivity contribution is -0.729. The lowest BCUT2D eigenvalue weighted by Gasteiger charge is -2.10. The summed E-state index contributed by atoms with van der Waals surface area (Å²) in [6.07, 6.45) is 0. The van der Waals surface area contributed by atoms with E-state index in [0.717, 1.165) is 0 Å². The van der Waals surface area contributed by atoms with E-state index >= 15 is 0 Å². The molecule has 2 rings (SSSR count). The van der Waals surface area contributed by atoms with Crippen LogP contribution in [0.15, 0.2) is 48.5 Å². The number of amides is 1. The second kappa shape index (κ2) is 6.97. The van der Waals surface area contributed by atoms with Crippen molar-refractivity contribution in [2.24, 2.45) is 0 Å². The van der Waals surface area contributed by atoms with Crippen molar-refractivity contribution >= 4 is 46.2 Å². The van der Waals surface area contributed by atoms with Crippen LogP contribution in [-0.4, -0.2) is 21.2 Å². The highest BCUT2D eigenvalue weighted by Crippen LogP contribution is 2.16. The standard InChI is InChI=1S/C14H10ClN3O3S/c15-12-4-2-1-3-11(12)13(19)17-14(22)16-9-5-7-10(8-6-9)18(20)21/h1-8H,(H2-,16,17,19,20,21,22)/p+1. The number of halogens is 1. The van der Waals surface area contributed by atoms with Gasteiger partial charge in [0.05, 0.1) is 15.5 Å². The van der Waals surface area contributed by atoms with Gasteiger partial charge < -0.3 is 5.32 Å². The number of carbonyl (C=O) groups is 1. The first kappa shape index (κ1) is 15.9. The first-order chi connectivity index (χ1) is 10.5. The molecule has 0 aromatic heterocycles. The summed E-state index contributed by atoms with van der Waals surface area (Å²) in [7, 11) is 0. The highest BCUT2D eigenvalue weighted by molar-refractivity contribution is 7.80. The molecule has 8 heteroatoms. The molecule has 112 valence electrons. The monoisotopic (exact) mass is 336 g/mol. The van der Waals surface area contributed by atoms with E-state index < -0.39 is 5.91 Å². The molecule has 6 nitrogen and oxygen atoms in total. The molecule has 0 fully saturated rings. The molecule has 0 saturated carbocycles. The quantitative estimate of drug-likeness (QED) is 0.592. The number of carbonyl (C=O) groups excluding carboxylic acids is 1.